The lowest BCUT2D eigenvalue weighted by atomic mass is 10.00. The van der Waals surface area contributed by atoms with Crippen LogP contribution in [0.3, 0.4) is 0 Å². The van der Waals surface area contributed by atoms with E-state index in [0.717, 1.165) is 27.2 Å². The van der Waals surface area contributed by atoms with E-state index in [2.05, 4.69) is 26.3 Å². The summed E-state index contributed by atoms with van der Waals surface area (Å²) in [5.74, 6) is 0.0153. The van der Waals surface area contributed by atoms with Crippen LogP contribution < -0.4 is 10.2 Å². The number of fused-ring (bicyclic) bond motifs is 2. The molecule has 5 nitrogen and oxygen atoms in total. The highest BCUT2D eigenvalue weighted by Gasteiger charge is 2.34. The molecule has 1 amide bonds. The molecule has 1 aliphatic heterocycles. The number of pyridine rings is 1. The van der Waals surface area contributed by atoms with Crippen LogP contribution in [0.4, 0.5) is 10.8 Å². The third-order valence-corrected chi connectivity index (χ3v) is 5.79. The molecular formula is C20H16N4OS. The van der Waals surface area contributed by atoms with Gasteiger partial charge in [0.15, 0.2) is 5.13 Å². The number of thiazole rings is 1. The Labute approximate surface area is 154 Å². The summed E-state index contributed by atoms with van der Waals surface area (Å²) in [5, 5.41) is 5.05. The van der Waals surface area contributed by atoms with Crippen LogP contribution in [0, 0.1) is 5.92 Å². The molecule has 6 heteroatoms. The molecule has 0 bridgehead atoms. The fourth-order valence-electron chi connectivity index (χ4n) is 3.24. The number of hydrogen-bond donors (Lipinski definition) is 1. The lowest BCUT2D eigenvalue weighted by molar-refractivity contribution is -0.120. The van der Waals surface area contributed by atoms with Gasteiger partial charge >= 0.3 is 0 Å². The highest BCUT2D eigenvalue weighted by atomic mass is 32.1. The summed E-state index contributed by atoms with van der Waals surface area (Å²) < 4.78 is 1.18. The largest absolute Gasteiger partial charge is 0.346 e. The van der Waals surface area contributed by atoms with E-state index in [1.54, 1.807) is 17.5 Å². The van der Waals surface area contributed by atoms with Crippen molar-refractivity contribution < 1.29 is 4.79 Å². The number of carbonyl (C=O) groups excluding carboxylic acids is 1. The lowest BCUT2D eigenvalue weighted by Crippen LogP contribution is -2.52. The quantitative estimate of drug-likeness (QED) is 0.602. The van der Waals surface area contributed by atoms with Gasteiger partial charge in [-0.3, -0.25) is 9.78 Å². The number of hydrogen-bond acceptors (Lipinski definition) is 5. The van der Waals surface area contributed by atoms with Gasteiger partial charge < -0.3 is 10.2 Å². The number of amides is 1. The van der Waals surface area contributed by atoms with Crippen LogP contribution >= 0.6 is 11.3 Å². The zero-order valence-electron chi connectivity index (χ0n) is 13.9. The van der Waals surface area contributed by atoms with Crippen LogP contribution in [0.15, 0.2) is 60.8 Å². The summed E-state index contributed by atoms with van der Waals surface area (Å²) >= 11 is 1.67. The van der Waals surface area contributed by atoms with Crippen molar-refractivity contribution in [1.29, 1.82) is 0 Å². The van der Waals surface area contributed by atoms with Crippen molar-refractivity contribution in [2.75, 3.05) is 23.3 Å². The first kappa shape index (κ1) is 15.3. The molecule has 0 spiro atoms. The number of rotatable bonds is 3. The van der Waals surface area contributed by atoms with Crippen molar-refractivity contribution in [3.8, 4) is 0 Å². The second-order valence-electron chi connectivity index (χ2n) is 6.44. The Kier molecular flexibility index (Phi) is 3.57. The minimum Gasteiger partial charge on any atom is -0.346 e. The van der Waals surface area contributed by atoms with E-state index < -0.39 is 0 Å². The van der Waals surface area contributed by atoms with E-state index in [9.17, 15) is 4.79 Å². The van der Waals surface area contributed by atoms with Crippen molar-refractivity contribution in [1.82, 2.24) is 9.97 Å². The highest BCUT2D eigenvalue weighted by Crippen LogP contribution is 2.33. The molecule has 0 atom stereocenters. The van der Waals surface area contributed by atoms with Gasteiger partial charge in [0.25, 0.3) is 0 Å². The van der Waals surface area contributed by atoms with Crippen LogP contribution in [0.1, 0.15) is 0 Å². The number of benzene rings is 2. The van der Waals surface area contributed by atoms with E-state index in [-0.39, 0.29) is 11.8 Å². The Morgan fingerprint density at radius 2 is 1.92 bits per heavy atom. The maximum Gasteiger partial charge on any atom is 0.231 e. The Morgan fingerprint density at radius 3 is 2.81 bits per heavy atom. The molecule has 1 fully saturated rings. The van der Waals surface area contributed by atoms with Gasteiger partial charge in [-0.15, -0.1) is 0 Å². The van der Waals surface area contributed by atoms with Crippen molar-refractivity contribution in [3.05, 3.63) is 60.8 Å². The van der Waals surface area contributed by atoms with E-state index in [1.165, 1.54) is 4.70 Å². The second kappa shape index (κ2) is 6.07. The maximum atomic E-state index is 12.6. The highest BCUT2D eigenvalue weighted by molar-refractivity contribution is 7.22. The average Bonchev–Trinajstić information content (AvgIpc) is 3.04. The Balaban J connectivity index is 1.29. The van der Waals surface area contributed by atoms with Crippen LogP contribution in [0.5, 0.6) is 0 Å². The average molecular weight is 360 g/mol. The van der Waals surface area contributed by atoms with Gasteiger partial charge in [-0.05, 0) is 24.3 Å². The predicted octanol–water partition coefficient (Wildman–Crippen LogP) is 3.92. The molecule has 1 N–H and O–H groups in total. The topological polar surface area (TPSA) is 58.1 Å². The van der Waals surface area contributed by atoms with Crippen molar-refractivity contribution in [2.45, 2.75) is 0 Å². The van der Waals surface area contributed by atoms with Crippen LogP contribution in [-0.2, 0) is 4.79 Å². The molecule has 5 rings (SSSR count). The Morgan fingerprint density at radius 1 is 1.08 bits per heavy atom. The SMILES string of the molecule is O=C(Nc1cccc2cccnc12)C1CN(c2nc3ccccc3s2)C1. The van der Waals surface area contributed by atoms with Crippen LogP contribution in [0.25, 0.3) is 21.1 Å². The number of nitrogens with zero attached hydrogens (tertiary/aromatic N) is 3. The number of anilines is 2. The lowest BCUT2D eigenvalue weighted by Gasteiger charge is -2.37. The van der Waals surface area contributed by atoms with Crippen LogP contribution in [-0.4, -0.2) is 29.0 Å². The van der Waals surface area contributed by atoms with Crippen LogP contribution in [0.2, 0.25) is 0 Å². The molecule has 4 aromatic rings. The summed E-state index contributed by atoms with van der Waals surface area (Å²) in [6.07, 6.45) is 1.75. The van der Waals surface area contributed by atoms with Gasteiger partial charge in [-0.25, -0.2) is 4.98 Å². The smallest absolute Gasteiger partial charge is 0.231 e. The zero-order valence-corrected chi connectivity index (χ0v) is 14.7. The standard InChI is InChI=1S/C20H16N4OS/c25-19(22-16-8-3-5-13-6-4-10-21-18(13)16)14-11-24(12-14)20-23-15-7-1-2-9-17(15)26-20/h1-10,14H,11-12H2,(H,22,25). The molecule has 128 valence electrons. The van der Waals surface area contributed by atoms with E-state index in [4.69, 9.17) is 0 Å². The molecule has 0 aliphatic carbocycles. The number of carbonyl (C=O) groups is 1. The van der Waals surface area contributed by atoms with Gasteiger partial charge in [-0.2, -0.15) is 0 Å². The molecule has 0 unspecified atom stereocenters. The van der Waals surface area contributed by atoms with Crippen molar-refractivity contribution in [2.24, 2.45) is 5.92 Å². The van der Waals surface area contributed by atoms with Gasteiger partial charge in [0.2, 0.25) is 5.91 Å². The fourth-order valence-corrected chi connectivity index (χ4v) is 4.22. The predicted molar refractivity (Wildman–Crippen MR) is 106 cm³/mol. The first-order chi connectivity index (χ1) is 12.8. The molecular weight excluding hydrogens is 344 g/mol. The molecule has 2 aromatic heterocycles. The second-order valence-corrected chi connectivity index (χ2v) is 7.45. The van der Waals surface area contributed by atoms with Gasteiger partial charge in [0, 0.05) is 24.7 Å². The molecule has 1 aliphatic rings. The molecule has 2 aromatic carbocycles. The molecule has 26 heavy (non-hydrogen) atoms. The fraction of sp³-hybridized carbons (Fsp3) is 0.150. The van der Waals surface area contributed by atoms with Crippen molar-refractivity contribution >= 4 is 49.2 Å². The number of para-hydroxylation sites is 2. The Bertz CT molecular complexity index is 1080. The third kappa shape index (κ3) is 2.59. The molecule has 1 saturated heterocycles. The normalized spacial score (nSPS) is 14.5. The van der Waals surface area contributed by atoms with Gasteiger partial charge in [0.05, 0.1) is 27.3 Å². The summed E-state index contributed by atoms with van der Waals surface area (Å²) in [7, 11) is 0. The third-order valence-electron chi connectivity index (χ3n) is 4.70. The molecule has 0 saturated carbocycles. The minimum absolute atomic E-state index is 0.0269. The van der Waals surface area contributed by atoms with Gasteiger partial charge in [-0.1, -0.05) is 41.7 Å². The molecule has 0 radical (unpaired) electrons. The Hall–Kier alpha value is -2.99. The minimum atomic E-state index is -0.0269. The maximum absolute atomic E-state index is 12.6. The summed E-state index contributed by atoms with van der Waals surface area (Å²) in [4.78, 5) is 23.8. The number of aromatic nitrogens is 2. The first-order valence-corrected chi connectivity index (χ1v) is 9.35. The zero-order chi connectivity index (χ0) is 17.5. The van der Waals surface area contributed by atoms with Gasteiger partial charge in [0.1, 0.15) is 0 Å². The van der Waals surface area contributed by atoms with E-state index in [0.29, 0.717) is 13.1 Å². The number of nitrogens with one attached hydrogen (secondary N) is 1. The summed E-state index contributed by atoms with van der Waals surface area (Å²) in [6, 6.07) is 17.8. The van der Waals surface area contributed by atoms with Crippen molar-refractivity contribution in [3.63, 3.8) is 0 Å². The monoisotopic (exact) mass is 360 g/mol. The summed E-state index contributed by atoms with van der Waals surface area (Å²) in [5.41, 5.74) is 2.61. The van der Waals surface area contributed by atoms with E-state index in [1.807, 2.05) is 48.5 Å². The molecule has 3 heterocycles. The summed E-state index contributed by atoms with van der Waals surface area (Å²) in [6.45, 7) is 1.40. The van der Waals surface area contributed by atoms with E-state index >= 15 is 0 Å². The first-order valence-electron chi connectivity index (χ1n) is 8.53.